The molecule has 7 heteroatoms. The highest BCUT2D eigenvalue weighted by Crippen LogP contribution is 2.30. The number of hydrogen-bond acceptors (Lipinski definition) is 6. The molecule has 174 valence electrons. The minimum atomic E-state index is -0.882. The number of amides is 1. The van der Waals surface area contributed by atoms with Gasteiger partial charge in [-0.2, -0.15) is 0 Å². The molecule has 1 aromatic heterocycles. The number of aryl methyl sites for hydroxylation is 1. The first-order chi connectivity index (χ1) is 16.5. The van der Waals surface area contributed by atoms with E-state index in [1.165, 1.54) is 6.07 Å². The smallest absolute Gasteiger partial charge is 0.408 e. The predicted octanol–water partition coefficient (Wildman–Crippen LogP) is 5.26. The molecule has 0 aliphatic heterocycles. The van der Waals surface area contributed by atoms with Gasteiger partial charge in [-0.25, -0.2) is 14.4 Å². The molecule has 0 saturated carbocycles. The SMILES string of the molecule is CCCC(NC(=O)OCc1ccccc1)C(=O)Oc1cc(C)c2c(c1)oc(=O)c1ccccc12. The summed E-state index contributed by atoms with van der Waals surface area (Å²) in [4.78, 5) is 37.5. The van der Waals surface area contributed by atoms with Crippen molar-refractivity contribution in [1.29, 1.82) is 0 Å². The number of hydrogen-bond donors (Lipinski definition) is 1. The van der Waals surface area contributed by atoms with Gasteiger partial charge >= 0.3 is 17.7 Å². The Morgan fingerprint density at radius 1 is 1.00 bits per heavy atom. The van der Waals surface area contributed by atoms with Crippen molar-refractivity contribution in [3.05, 3.63) is 88.3 Å². The molecule has 3 aromatic carbocycles. The first kappa shape index (κ1) is 23.0. The second-order valence-electron chi connectivity index (χ2n) is 8.02. The molecule has 1 heterocycles. The third-order valence-electron chi connectivity index (χ3n) is 5.48. The van der Waals surface area contributed by atoms with Crippen molar-refractivity contribution in [2.24, 2.45) is 0 Å². The largest absolute Gasteiger partial charge is 0.445 e. The van der Waals surface area contributed by atoms with Gasteiger partial charge in [-0.15, -0.1) is 0 Å². The lowest BCUT2D eigenvalue weighted by molar-refractivity contribution is -0.136. The van der Waals surface area contributed by atoms with E-state index in [0.717, 1.165) is 21.9 Å². The maximum atomic E-state index is 12.9. The maximum Gasteiger partial charge on any atom is 0.408 e. The number of nitrogens with one attached hydrogen (secondary N) is 1. The molecule has 0 saturated heterocycles. The fourth-order valence-electron chi connectivity index (χ4n) is 3.87. The summed E-state index contributed by atoms with van der Waals surface area (Å²) in [5.41, 5.74) is 1.50. The van der Waals surface area contributed by atoms with Crippen LogP contribution in [0.2, 0.25) is 0 Å². The number of benzene rings is 3. The number of esters is 1. The lowest BCUT2D eigenvalue weighted by Gasteiger charge is -2.17. The van der Waals surface area contributed by atoms with Crippen molar-refractivity contribution in [1.82, 2.24) is 5.32 Å². The second-order valence-corrected chi connectivity index (χ2v) is 8.02. The molecule has 1 amide bonds. The van der Waals surface area contributed by atoms with Crippen LogP contribution in [0.25, 0.3) is 21.7 Å². The number of alkyl carbamates (subject to hydrolysis) is 1. The number of ether oxygens (including phenoxy) is 2. The van der Waals surface area contributed by atoms with Gasteiger partial charge in [0.1, 0.15) is 24.0 Å². The van der Waals surface area contributed by atoms with Crippen LogP contribution in [-0.4, -0.2) is 18.1 Å². The highest BCUT2D eigenvalue weighted by atomic mass is 16.6. The number of rotatable bonds is 7. The highest BCUT2D eigenvalue weighted by molar-refractivity contribution is 6.06. The lowest BCUT2D eigenvalue weighted by Crippen LogP contribution is -2.43. The molecule has 0 aliphatic rings. The molecule has 34 heavy (non-hydrogen) atoms. The standard InChI is InChI=1S/C27H25NO6/c1-3-9-22(28-27(31)32-16-18-10-5-4-6-11-18)26(30)33-19-14-17(2)24-20-12-7-8-13-21(20)25(29)34-23(24)15-19/h4-8,10-15,22H,3,9,16H2,1-2H3,(H,28,31). The van der Waals surface area contributed by atoms with Crippen LogP contribution in [0.3, 0.4) is 0 Å². The lowest BCUT2D eigenvalue weighted by atomic mass is 10.0. The summed E-state index contributed by atoms with van der Waals surface area (Å²) in [6.45, 7) is 3.85. The third kappa shape index (κ3) is 5.09. The van der Waals surface area contributed by atoms with Crippen molar-refractivity contribution in [2.45, 2.75) is 39.3 Å². The monoisotopic (exact) mass is 459 g/mol. The van der Waals surface area contributed by atoms with E-state index >= 15 is 0 Å². The summed E-state index contributed by atoms with van der Waals surface area (Å²) in [6.07, 6.45) is 0.327. The number of fused-ring (bicyclic) bond motifs is 3. The van der Waals surface area contributed by atoms with E-state index in [2.05, 4.69) is 5.32 Å². The molecule has 4 aromatic rings. The van der Waals surface area contributed by atoms with Gasteiger partial charge in [0.05, 0.1) is 5.39 Å². The minimum absolute atomic E-state index is 0.0947. The first-order valence-corrected chi connectivity index (χ1v) is 11.1. The Hall–Kier alpha value is -4.13. The molecular weight excluding hydrogens is 434 g/mol. The zero-order chi connectivity index (χ0) is 24.1. The molecular formula is C27H25NO6. The first-order valence-electron chi connectivity index (χ1n) is 11.1. The van der Waals surface area contributed by atoms with Crippen molar-refractivity contribution >= 4 is 33.8 Å². The summed E-state index contributed by atoms with van der Waals surface area (Å²) in [6, 6.07) is 18.8. The van der Waals surface area contributed by atoms with E-state index in [9.17, 15) is 14.4 Å². The fraction of sp³-hybridized carbons (Fsp3) is 0.222. The van der Waals surface area contributed by atoms with Gasteiger partial charge in [0.15, 0.2) is 0 Å². The molecule has 1 N–H and O–H groups in total. The van der Waals surface area contributed by atoms with Crippen LogP contribution >= 0.6 is 0 Å². The van der Waals surface area contributed by atoms with Gasteiger partial charge in [-0.3, -0.25) is 0 Å². The normalized spacial score (nSPS) is 11.8. The Morgan fingerprint density at radius 2 is 1.71 bits per heavy atom. The van der Waals surface area contributed by atoms with Gasteiger partial charge in [-0.05, 0) is 36.6 Å². The molecule has 0 fully saturated rings. The van der Waals surface area contributed by atoms with Crippen LogP contribution in [-0.2, 0) is 16.1 Å². The molecule has 4 rings (SSSR count). The topological polar surface area (TPSA) is 94.8 Å². The Balaban J connectivity index is 1.51. The van der Waals surface area contributed by atoms with Crippen LogP contribution in [0.1, 0.15) is 30.9 Å². The molecule has 7 nitrogen and oxygen atoms in total. The van der Waals surface area contributed by atoms with E-state index in [-0.39, 0.29) is 12.4 Å². The average Bonchev–Trinajstić information content (AvgIpc) is 2.83. The zero-order valence-electron chi connectivity index (χ0n) is 19.0. The molecule has 0 bridgehead atoms. The van der Waals surface area contributed by atoms with Crippen molar-refractivity contribution in [3.8, 4) is 5.75 Å². The summed E-state index contributed by atoms with van der Waals surface area (Å²) < 4.78 is 16.3. The second kappa shape index (κ2) is 10.2. The van der Waals surface area contributed by atoms with E-state index in [4.69, 9.17) is 13.9 Å². The van der Waals surface area contributed by atoms with Crippen LogP contribution in [0, 0.1) is 6.92 Å². The summed E-state index contributed by atoms with van der Waals surface area (Å²) >= 11 is 0. The Bertz CT molecular complexity index is 1390. The minimum Gasteiger partial charge on any atom is -0.445 e. The molecule has 0 radical (unpaired) electrons. The third-order valence-corrected chi connectivity index (χ3v) is 5.48. The van der Waals surface area contributed by atoms with Crippen molar-refractivity contribution in [2.75, 3.05) is 0 Å². The molecule has 0 spiro atoms. The van der Waals surface area contributed by atoms with Gasteiger partial charge in [-0.1, -0.05) is 61.9 Å². The number of carbonyl (C=O) groups excluding carboxylic acids is 2. The quantitative estimate of drug-likeness (QED) is 0.175. The Kier molecular flexibility index (Phi) is 6.92. The average molecular weight is 459 g/mol. The molecule has 0 aliphatic carbocycles. The van der Waals surface area contributed by atoms with Gasteiger partial charge in [0.25, 0.3) is 0 Å². The number of carbonyl (C=O) groups is 2. The van der Waals surface area contributed by atoms with E-state index in [1.807, 2.05) is 56.3 Å². The highest BCUT2D eigenvalue weighted by Gasteiger charge is 2.23. The van der Waals surface area contributed by atoms with Gasteiger partial charge in [0.2, 0.25) is 0 Å². The predicted molar refractivity (Wildman–Crippen MR) is 129 cm³/mol. The van der Waals surface area contributed by atoms with Crippen molar-refractivity contribution < 1.29 is 23.5 Å². The van der Waals surface area contributed by atoms with Crippen LogP contribution < -0.4 is 15.7 Å². The van der Waals surface area contributed by atoms with Crippen molar-refractivity contribution in [3.63, 3.8) is 0 Å². The van der Waals surface area contributed by atoms with E-state index < -0.39 is 23.7 Å². The molecule has 1 atom stereocenters. The maximum absolute atomic E-state index is 12.9. The summed E-state index contributed by atoms with van der Waals surface area (Å²) in [7, 11) is 0. The fourth-order valence-corrected chi connectivity index (χ4v) is 3.87. The zero-order valence-corrected chi connectivity index (χ0v) is 19.0. The van der Waals surface area contributed by atoms with Crippen LogP contribution in [0.4, 0.5) is 4.79 Å². The van der Waals surface area contributed by atoms with Gasteiger partial charge < -0.3 is 19.2 Å². The Labute approximate surface area is 196 Å². The van der Waals surface area contributed by atoms with Crippen LogP contribution in [0.5, 0.6) is 5.75 Å². The summed E-state index contributed by atoms with van der Waals surface area (Å²) in [5, 5.41) is 4.63. The molecule has 1 unspecified atom stereocenters. The Morgan fingerprint density at radius 3 is 2.44 bits per heavy atom. The van der Waals surface area contributed by atoms with E-state index in [1.54, 1.807) is 18.2 Å². The van der Waals surface area contributed by atoms with E-state index in [0.29, 0.717) is 23.8 Å². The van der Waals surface area contributed by atoms with Crippen LogP contribution in [0.15, 0.2) is 75.9 Å². The summed E-state index contributed by atoms with van der Waals surface area (Å²) in [5.74, 6) is -0.394. The van der Waals surface area contributed by atoms with Gasteiger partial charge in [0, 0.05) is 16.8 Å².